The molecule has 2 N–H and O–H groups in total. The zero-order chi connectivity index (χ0) is 24.5. The molecular formula is C29H27N3O3. The molecule has 1 aliphatic heterocycles. The van der Waals surface area contributed by atoms with E-state index in [4.69, 9.17) is 0 Å². The molecule has 3 heterocycles. The highest BCUT2D eigenvalue weighted by atomic mass is 16.3. The number of nitrogens with zero attached hydrogens (tertiary/aromatic N) is 2. The molecule has 0 aliphatic carbocycles. The molecule has 1 unspecified atom stereocenters. The van der Waals surface area contributed by atoms with Crippen LogP contribution in [-0.4, -0.2) is 38.2 Å². The largest absolute Gasteiger partial charge is 0.507 e. The minimum atomic E-state index is -0.675. The van der Waals surface area contributed by atoms with Gasteiger partial charge in [-0.3, -0.25) is 14.6 Å². The van der Waals surface area contributed by atoms with Gasteiger partial charge in [-0.2, -0.15) is 0 Å². The number of H-pyrrole nitrogens is 1. The summed E-state index contributed by atoms with van der Waals surface area (Å²) in [7, 11) is 0. The Labute approximate surface area is 203 Å². The number of aliphatic hydroxyl groups is 1. The number of aryl methyl sites for hydroxylation is 2. The number of hydrogen-bond donors (Lipinski definition) is 2. The number of fused-ring (bicyclic) bond motifs is 1. The number of hydrogen-bond acceptors (Lipinski definition) is 4. The van der Waals surface area contributed by atoms with Crippen molar-refractivity contribution >= 4 is 28.4 Å². The summed E-state index contributed by atoms with van der Waals surface area (Å²) in [6, 6.07) is 16.8. The van der Waals surface area contributed by atoms with Crippen molar-refractivity contribution in [2.75, 3.05) is 6.54 Å². The van der Waals surface area contributed by atoms with E-state index in [1.54, 1.807) is 23.2 Å². The number of ketones is 1. The predicted octanol–water partition coefficient (Wildman–Crippen LogP) is 5.10. The van der Waals surface area contributed by atoms with E-state index >= 15 is 0 Å². The minimum absolute atomic E-state index is 0.0989. The van der Waals surface area contributed by atoms with E-state index < -0.39 is 17.7 Å². The van der Waals surface area contributed by atoms with Crippen LogP contribution in [0.4, 0.5) is 0 Å². The molecule has 0 spiro atoms. The van der Waals surface area contributed by atoms with Gasteiger partial charge in [0.25, 0.3) is 11.7 Å². The molecule has 4 aromatic rings. The minimum Gasteiger partial charge on any atom is -0.507 e. The Morgan fingerprint density at radius 2 is 1.91 bits per heavy atom. The second-order valence-corrected chi connectivity index (χ2v) is 8.94. The molecule has 35 heavy (non-hydrogen) atoms. The highest BCUT2D eigenvalue weighted by molar-refractivity contribution is 6.46. The first-order chi connectivity index (χ1) is 17.0. The van der Waals surface area contributed by atoms with E-state index in [0.717, 1.165) is 34.0 Å². The normalized spacial score (nSPS) is 17.4. The van der Waals surface area contributed by atoms with Crippen molar-refractivity contribution in [1.29, 1.82) is 0 Å². The number of benzene rings is 2. The monoisotopic (exact) mass is 465 g/mol. The van der Waals surface area contributed by atoms with Crippen LogP contribution >= 0.6 is 0 Å². The van der Waals surface area contributed by atoms with Crippen LogP contribution in [0.5, 0.6) is 0 Å². The van der Waals surface area contributed by atoms with Crippen LogP contribution in [0.25, 0.3) is 16.7 Å². The number of carbonyl (C=O) groups is 2. The van der Waals surface area contributed by atoms with Gasteiger partial charge in [0, 0.05) is 41.6 Å². The Hall–Kier alpha value is -4.19. The number of aromatic nitrogens is 2. The van der Waals surface area contributed by atoms with Gasteiger partial charge in [0.05, 0.1) is 11.6 Å². The van der Waals surface area contributed by atoms with Gasteiger partial charge in [0.2, 0.25) is 0 Å². The van der Waals surface area contributed by atoms with Gasteiger partial charge in [-0.15, -0.1) is 0 Å². The van der Waals surface area contributed by atoms with Crippen molar-refractivity contribution < 1.29 is 14.7 Å². The van der Waals surface area contributed by atoms with E-state index in [9.17, 15) is 14.7 Å². The quantitative estimate of drug-likeness (QED) is 0.236. The molecule has 2 aromatic carbocycles. The van der Waals surface area contributed by atoms with Gasteiger partial charge in [-0.25, -0.2) is 0 Å². The first-order valence-electron chi connectivity index (χ1n) is 11.8. The van der Waals surface area contributed by atoms with Gasteiger partial charge >= 0.3 is 0 Å². The summed E-state index contributed by atoms with van der Waals surface area (Å²) in [6.07, 6.45) is 6.51. The van der Waals surface area contributed by atoms with Crippen molar-refractivity contribution in [1.82, 2.24) is 14.9 Å². The Kier molecular flexibility index (Phi) is 5.95. The van der Waals surface area contributed by atoms with E-state index in [2.05, 4.69) is 35.1 Å². The molecule has 6 heteroatoms. The first-order valence-corrected chi connectivity index (χ1v) is 11.8. The van der Waals surface area contributed by atoms with Gasteiger partial charge in [-0.05, 0) is 60.2 Å². The molecule has 0 saturated carbocycles. The first kappa shape index (κ1) is 22.6. The standard InChI is InChI=1S/C29H27N3O3/c1-3-19-7-9-20(10-8-19)26-25(27(33)22-5-4-13-30-16-22)28(34)29(35)32(26)14-12-21-17-31-24-15-18(2)6-11-23(21)24/h4-11,13,15-17,26,31,33H,3,12,14H2,1-2H3/b27-25+. The molecule has 2 aromatic heterocycles. The van der Waals surface area contributed by atoms with E-state index in [0.29, 0.717) is 18.5 Å². The lowest BCUT2D eigenvalue weighted by Crippen LogP contribution is -2.31. The molecule has 1 fully saturated rings. The molecule has 1 aliphatic rings. The predicted molar refractivity (Wildman–Crippen MR) is 136 cm³/mol. The smallest absolute Gasteiger partial charge is 0.295 e. The fraction of sp³-hybridized carbons (Fsp3) is 0.207. The number of amides is 1. The summed E-state index contributed by atoms with van der Waals surface area (Å²) in [4.78, 5) is 35.4. The van der Waals surface area contributed by atoms with Gasteiger partial charge in [0.1, 0.15) is 5.76 Å². The van der Waals surface area contributed by atoms with Crippen LogP contribution in [0.1, 0.15) is 40.8 Å². The summed E-state index contributed by atoms with van der Waals surface area (Å²) >= 11 is 0. The fourth-order valence-electron chi connectivity index (χ4n) is 4.80. The van der Waals surface area contributed by atoms with Crippen LogP contribution in [0.2, 0.25) is 0 Å². The summed E-state index contributed by atoms with van der Waals surface area (Å²) < 4.78 is 0. The molecule has 1 amide bonds. The maximum atomic E-state index is 13.2. The van der Waals surface area contributed by atoms with Crippen molar-refractivity contribution in [3.05, 3.63) is 107 Å². The molecule has 0 radical (unpaired) electrons. The number of rotatable bonds is 6. The highest BCUT2D eigenvalue weighted by Crippen LogP contribution is 2.39. The third kappa shape index (κ3) is 4.12. The van der Waals surface area contributed by atoms with Crippen LogP contribution in [-0.2, 0) is 22.4 Å². The lowest BCUT2D eigenvalue weighted by atomic mass is 9.94. The van der Waals surface area contributed by atoms with Crippen LogP contribution < -0.4 is 0 Å². The Morgan fingerprint density at radius 3 is 2.63 bits per heavy atom. The zero-order valence-electron chi connectivity index (χ0n) is 19.8. The van der Waals surface area contributed by atoms with Gasteiger partial charge in [0.15, 0.2) is 0 Å². The lowest BCUT2D eigenvalue weighted by Gasteiger charge is -2.25. The number of likely N-dealkylation sites (tertiary alicyclic amines) is 1. The van der Waals surface area contributed by atoms with E-state index in [1.807, 2.05) is 37.4 Å². The van der Waals surface area contributed by atoms with Gasteiger partial charge < -0.3 is 15.0 Å². The molecule has 1 saturated heterocycles. The van der Waals surface area contributed by atoms with Gasteiger partial charge in [-0.1, -0.05) is 43.3 Å². The van der Waals surface area contributed by atoms with Crippen molar-refractivity contribution in [2.45, 2.75) is 32.7 Å². The fourth-order valence-corrected chi connectivity index (χ4v) is 4.80. The Balaban J connectivity index is 1.55. The molecule has 0 bridgehead atoms. The average Bonchev–Trinajstić information content (AvgIpc) is 3.40. The Bertz CT molecular complexity index is 1440. The number of Topliss-reactive ketones (excluding diaryl/α,β-unsaturated/α-hetero) is 1. The zero-order valence-corrected chi connectivity index (χ0v) is 19.8. The van der Waals surface area contributed by atoms with Crippen LogP contribution in [0, 0.1) is 6.92 Å². The summed E-state index contributed by atoms with van der Waals surface area (Å²) in [6.45, 7) is 4.47. The third-order valence-electron chi connectivity index (χ3n) is 6.72. The van der Waals surface area contributed by atoms with E-state index in [1.165, 1.54) is 11.8 Å². The number of nitrogens with one attached hydrogen (secondary N) is 1. The van der Waals surface area contributed by atoms with Crippen molar-refractivity contribution in [3.8, 4) is 0 Å². The molecular weight excluding hydrogens is 438 g/mol. The molecule has 6 nitrogen and oxygen atoms in total. The van der Waals surface area contributed by atoms with Crippen LogP contribution in [0.15, 0.2) is 78.8 Å². The Morgan fingerprint density at radius 1 is 1.11 bits per heavy atom. The number of aliphatic hydroxyl groups excluding tert-OH is 1. The maximum absolute atomic E-state index is 13.2. The number of aromatic amines is 1. The summed E-state index contributed by atoms with van der Waals surface area (Å²) in [5.41, 5.74) is 5.75. The van der Waals surface area contributed by atoms with Crippen molar-refractivity contribution in [3.63, 3.8) is 0 Å². The molecule has 5 rings (SSSR count). The second-order valence-electron chi connectivity index (χ2n) is 8.94. The maximum Gasteiger partial charge on any atom is 0.295 e. The van der Waals surface area contributed by atoms with E-state index in [-0.39, 0.29) is 11.3 Å². The summed E-state index contributed by atoms with van der Waals surface area (Å²) in [5, 5.41) is 12.2. The number of pyridine rings is 1. The summed E-state index contributed by atoms with van der Waals surface area (Å²) in [5.74, 6) is -1.48. The lowest BCUT2D eigenvalue weighted by molar-refractivity contribution is -0.139. The van der Waals surface area contributed by atoms with Crippen LogP contribution in [0.3, 0.4) is 0 Å². The SMILES string of the molecule is CCc1ccc(C2/C(=C(\O)c3cccnc3)C(=O)C(=O)N2CCc2c[nH]c3cc(C)ccc23)cc1. The molecule has 176 valence electrons. The topological polar surface area (TPSA) is 86.3 Å². The third-order valence-corrected chi connectivity index (χ3v) is 6.72. The molecule has 1 atom stereocenters. The highest BCUT2D eigenvalue weighted by Gasteiger charge is 2.45. The second kappa shape index (κ2) is 9.22. The number of carbonyl (C=O) groups excluding carboxylic acids is 2. The van der Waals surface area contributed by atoms with Crippen molar-refractivity contribution in [2.24, 2.45) is 0 Å². The average molecular weight is 466 g/mol.